The van der Waals surface area contributed by atoms with E-state index in [2.05, 4.69) is 56.7 Å². The second kappa shape index (κ2) is 17.4. The SMILES string of the molecule is CCCCCCCCCCCCNCC(O)C[N+](C)(C)Cc1ccccc1.[Br-]. The van der Waals surface area contributed by atoms with Crippen molar-refractivity contribution < 1.29 is 26.6 Å². The molecule has 4 heteroatoms. The van der Waals surface area contributed by atoms with Crippen LogP contribution in [0.25, 0.3) is 0 Å². The van der Waals surface area contributed by atoms with Gasteiger partial charge >= 0.3 is 0 Å². The third-order valence-electron chi connectivity index (χ3n) is 5.25. The Labute approximate surface area is 185 Å². The maximum Gasteiger partial charge on any atom is 0.115 e. The highest BCUT2D eigenvalue weighted by atomic mass is 79.9. The average molecular weight is 458 g/mol. The van der Waals surface area contributed by atoms with Crippen LogP contribution < -0.4 is 22.3 Å². The van der Waals surface area contributed by atoms with E-state index in [4.69, 9.17) is 0 Å². The third-order valence-corrected chi connectivity index (χ3v) is 5.25. The molecule has 0 aliphatic heterocycles. The quantitative estimate of drug-likeness (QED) is 0.278. The summed E-state index contributed by atoms with van der Waals surface area (Å²) in [5.74, 6) is 0. The standard InChI is InChI=1S/C24H45N2O.BrH/c1-4-5-6-7-8-9-10-11-12-16-19-25-20-24(27)22-26(2,3)21-23-17-14-13-15-18-23;/h13-15,17-18,24-25,27H,4-12,16,19-22H2,1-3H3;1H/q+1;/p-1. The van der Waals surface area contributed by atoms with Crippen molar-refractivity contribution >= 4 is 0 Å². The largest absolute Gasteiger partial charge is 1.00 e. The van der Waals surface area contributed by atoms with Crippen molar-refractivity contribution in [3.05, 3.63) is 35.9 Å². The molecule has 0 aliphatic carbocycles. The Morgan fingerprint density at radius 2 is 1.39 bits per heavy atom. The van der Waals surface area contributed by atoms with Crippen LogP contribution in [0.5, 0.6) is 0 Å². The zero-order chi connectivity index (χ0) is 19.8. The first-order chi connectivity index (χ1) is 13.0. The number of hydrogen-bond acceptors (Lipinski definition) is 2. The van der Waals surface area contributed by atoms with Crippen molar-refractivity contribution in [2.75, 3.05) is 33.7 Å². The van der Waals surface area contributed by atoms with Gasteiger partial charge in [0.2, 0.25) is 0 Å². The van der Waals surface area contributed by atoms with Crippen LogP contribution in [0.1, 0.15) is 76.7 Å². The third kappa shape index (κ3) is 15.5. The predicted molar refractivity (Wildman–Crippen MR) is 118 cm³/mol. The maximum absolute atomic E-state index is 10.3. The molecule has 0 amide bonds. The highest BCUT2D eigenvalue weighted by Crippen LogP contribution is 2.11. The van der Waals surface area contributed by atoms with E-state index in [0.29, 0.717) is 6.54 Å². The number of nitrogens with zero attached hydrogens (tertiary/aromatic N) is 1. The summed E-state index contributed by atoms with van der Waals surface area (Å²) in [5, 5.41) is 13.8. The predicted octanol–water partition coefficient (Wildman–Crippen LogP) is 2.14. The second-order valence-electron chi connectivity index (χ2n) is 8.80. The van der Waals surface area contributed by atoms with Gasteiger partial charge in [0.25, 0.3) is 0 Å². The number of hydrogen-bond donors (Lipinski definition) is 2. The summed E-state index contributed by atoms with van der Waals surface area (Å²) >= 11 is 0. The zero-order valence-electron chi connectivity index (χ0n) is 18.6. The summed E-state index contributed by atoms with van der Waals surface area (Å²) in [7, 11) is 4.39. The highest BCUT2D eigenvalue weighted by Gasteiger charge is 2.20. The molecule has 1 rings (SSSR count). The highest BCUT2D eigenvalue weighted by molar-refractivity contribution is 5.13. The first kappa shape index (κ1) is 27.6. The molecular weight excluding hydrogens is 412 g/mol. The lowest BCUT2D eigenvalue weighted by Gasteiger charge is -2.32. The summed E-state index contributed by atoms with van der Waals surface area (Å²) in [6.45, 7) is 5.74. The monoisotopic (exact) mass is 456 g/mol. The molecule has 0 bridgehead atoms. The Morgan fingerprint density at radius 1 is 0.857 bits per heavy atom. The molecule has 1 aromatic carbocycles. The first-order valence-corrected chi connectivity index (χ1v) is 11.3. The summed E-state index contributed by atoms with van der Waals surface area (Å²) in [5.41, 5.74) is 1.33. The van der Waals surface area contributed by atoms with E-state index in [1.807, 2.05) is 0 Å². The van der Waals surface area contributed by atoms with Gasteiger partial charge in [0, 0.05) is 12.1 Å². The number of likely N-dealkylation sites (N-methyl/N-ethyl adjacent to an activating group) is 1. The Hall–Kier alpha value is -0.420. The molecule has 1 atom stereocenters. The summed E-state index contributed by atoms with van der Waals surface area (Å²) in [6.07, 6.45) is 13.4. The topological polar surface area (TPSA) is 32.3 Å². The molecule has 1 unspecified atom stereocenters. The molecular formula is C24H45BrN2O. The Morgan fingerprint density at radius 3 is 1.96 bits per heavy atom. The molecule has 3 nitrogen and oxygen atoms in total. The number of quaternary nitrogens is 1. The van der Waals surface area contributed by atoms with Crippen molar-refractivity contribution in [1.82, 2.24) is 5.32 Å². The Balaban J connectivity index is 0.00000729. The van der Waals surface area contributed by atoms with E-state index in [9.17, 15) is 5.11 Å². The second-order valence-corrected chi connectivity index (χ2v) is 8.80. The number of rotatable bonds is 17. The van der Waals surface area contributed by atoms with E-state index >= 15 is 0 Å². The summed E-state index contributed by atoms with van der Waals surface area (Å²) in [6, 6.07) is 10.5. The number of benzene rings is 1. The minimum atomic E-state index is -0.285. The fourth-order valence-electron chi connectivity index (χ4n) is 3.78. The van der Waals surface area contributed by atoms with E-state index in [1.54, 1.807) is 0 Å². The van der Waals surface area contributed by atoms with Crippen LogP contribution in [0.4, 0.5) is 0 Å². The number of aliphatic hydroxyl groups excluding tert-OH is 1. The van der Waals surface area contributed by atoms with Crippen molar-refractivity contribution in [3.63, 3.8) is 0 Å². The van der Waals surface area contributed by atoms with Crippen LogP contribution in [0.3, 0.4) is 0 Å². The summed E-state index contributed by atoms with van der Waals surface area (Å²) in [4.78, 5) is 0. The lowest BCUT2D eigenvalue weighted by atomic mass is 10.1. The van der Waals surface area contributed by atoms with Crippen molar-refractivity contribution in [3.8, 4) is 0 Å². The Bertz CT molecular complexity index is 453. The van der Waals surface area contributed by atoms with Crippen LogP contribution in [-0.2, 0) is 6.54 Å². The molecule has 0 aliphatic rings. The van der Waals surface area contributed by atoms with Gasteiger partial charge in [-0.25, -0.2) is 0 Å². The lowest BCUT2D eigenvalue weighted by Crippen LogP contribution is -3.00. The zero-order valence-corrected chi connectivity index (χ0v) is 20.2. The molecule has 28 heavy (non-hydrogen) atoms. The van der Waals surface area contributed by atoms with Gasteiger partial charge in [-0.2, -0.15) is 0 Å². The smallest absolute Gasteiger partial charge is 0.115 e. The minimum absolute atomic E-state index is 0. The molecule has 1 aromatic rings. The average Bonchev–Trinajstić information content (AvgIpc) is 2.62. The molecule has 2 N–H and O–H groups in total. The number of nitrogens with one attached hydrogen (secondary N) is 1. The van der Waals surface area contributed by atoms with E-state index in [0.717, 1.165) is 24.1 Å². The number of unbranched alkanes of at least 4 members (excludes halogenated alkanes) is 9. The van der Waals surface area contributed by atoms with Gasteiger partial charge in [-0.05, 0) is 13.0 Å². The molecule has 0 heterocycles. The van der Waals surface area contributed by atoms with E-state index in [1.165, 1.54) is 69.8 Å². The minimum Gasteiger partial charge on any atom is -1.00 e. The van der Waals surface area contributed by atoms with Crippen LogP contribution in [0.15, 0.2) is 30.3 Å². The van der Waals surface area contributed by atoms with Crippen molar-refractivity contribution in [2.45, 2.75) is 83.8 Å². The Kier molecular flexibility index (Phi) is 17.2. The van der Waals surface area contributed by atoms with Crippen LogP contribution in [0.2, 0.25) is 0 Å². The van der Waals surface area contributed by atoms with Gasteiger partial charge < -0.3 is 31.9 Å². The van der Waals surface area contributed by atoms with Gasteiger partial charge in [-0.15, -0.1) is 0 Å². The maximum atomic E-state index is 10.3. The molecule has 0 spiro atoms. The molecule has 0 saturated carbocycles. The van der Waals surface area contributed by atoms with Gasteiger partial charge in [0.05, 0.1) is 14.1 Å². The molecule has 0 saturated heterocycles. The summed E-state index contributed by atoms with van der Waals surface area (Å²) < 4.78 is 0.811. The van der Waals surface area contributed by atoms with Gasteiger partial charge in [0.15, 0.2) is 0 Å². The number of halogens is 1. The lowest BCUT2D eigenvalue weighted by molar-refractivity contribution is -0.906. The van der Waals surface area contributed by atoms with Crippen LogP contribution in [-0.4, -0.2) is 49.4 Å². The normalized spacial score (nSPS) is 12.6. The molecule has 0 fully saturated rings. The molecule has 164 valence electrons. The van der Waals surface area contributed by atoms with Crippen LogP contribution in [0, 0.1) is 0 Å². The molecule has 0 aromatic heterocycles. The van der Waals surface area contributed by atoms with Crippen LogP contribution >= 0.6 is 0 Å². The number of aliphatic hydroxyl groups is 1. The molecule has 0 radical (unpaired) electrons. The van der Waals surface area contributed by atoms with Gasteiger partial charge in [-0.1, -0.05) is 95.0 Å². The van der Waals surface area contributed by atoms with Crippen molar-refractivity contribution in [2.24, 2.45) is 0 Å². The fraction of sp³-hybridized carbons (Fsp3) is 0.750. The van der Waals surface area contributed by atoms with Gasteiger partial charge in [0.1, 0.15) is 19.2 Å². The fourth-order valence-corrected chi connectivity index (χ4v) is 3.78. The van der Waals surface area contributed by atoms with Gasteiger partial charge in [-0.3, -0.25) is 0 Å². The van der Waals surface area contributed by atoms with Crippen molar-refractivity contribution in [1.29, 1.82) is 0 Å². The van der Waals surface area contributed by atoms with E-state index < -0.39 is 0 Å². The first-order valence-electron chi connectivity index (χ1n) is 11.3. The van der Waals surface area contributed by atoms with E-state index in [-0.39, 0.29) is 23.1 Å².